The average Bonchev–Trinajstić information content (AvgIpc) is 2.61. The Labute approximate surface area is 182 Å². The highest BCUT2D eigenvalue weighted by Gasteiger charge is 2.40. The molecule has 2 rings (SSSR count). The fourth-order valence-corrected chi connectivity index (χ4v) is 3.45. The van der Waals surface area contributed by atoms with Crippen molar-refractivity contribution in [3.05, 3.63) is 68.1 Å². The minimum absolute atomic E-state index is 0.360. The summed E-state index contributed by atoms with van der Waals surface area (Å²) in [5.74, 6) is 0. The molecule has 30 heavy (non-hydrogen) atoms. The van der Waals surface area contributed by atoms with Gasteiger partial charge in [0.1, 0.15) is 0 Å². The van der Waals surface area contributed by atoms with Gasteiger partial charge in [-0.25, -0.2) is 0 Å². The highest BCUT2D eigenvalue weighted by molar-refractivity contribution is 6.51. The zero-order chi connectivity index (χ0) is 23.1. The maximum Gasteiger partial charge on any atom is 0.419 e. The maximum absolute atomic E-state index is 13.3. The number of hydrogen-bond donors (Lipinski definition) is 1. The van der Waals surface area contributed by atoms with E-state index >= 15 is 0 Å². The summed E-state index contributed by atoms with van der Waals surface area (Å²) in [4.78, 5) is 29.9. The molecule has 0 saturated carbocycles. The van der Waals surface area contributed by atoms with Gasteiger partial charge in [0.15, 0.2) is 5.69 Å². The molecule has 0 amide bonds. The van der Waals surface area contributed by atoms with E-state index in [2.05, 4.69) is 0 Å². The zero-order valence-electron chi connectivity index (χ0n) is 13.6. The molecule has 10 nitrogen and oxygen atoms in total. The van der Waals surface area contributed by atoms with Crippen molar-refractivity contribution in [2.45, 2.75) is 6.18 Å². The van der Waals surface area contributed by atoms with Crippen molar-refractivity contribution in [3.8, 4) is 0 Å². The first-order valence-corrected chi connectivity index (χ1v) is 8.51. The maximum atomic E-state index is 13.3. The van der Waals surface area contributed by atoms with Gasteiger partial charge in [-0.1, -0.05) is 46.4 Å². The molecule has 0 aliphatic carbocycles. The Morgan fingerprint density at radius 1 is 0.733 bits per heavy atom. The van der Waals surface area contributed by atoms with Crippen LogP contribution >= 0.6 is 46.4 Å². The number of nitro groups is 3. The molecule has 2 aromatic rings. The number of hydrogen-bond acceptors (Lipinski definition) is 7. The molecular formula is C13H3Cl4F3N4O6. The quantitative estimate of drug-likeness (QED) is 0.202. The SMILES string of the molecule is O=[N+]([O-])c1cc([N+](=O)[O-])c(Nc2c(Cl)c(Cl)c(Cl)c(C(F)(F)F)c2Cl)c([N+](=O)[O-])c1. The van der Waals surface area contributed by atoms with E-state index in [4.69, 9.17) is 46.4 Å². The van der Waals surface area contributed by atoms with E-state index in [0.717, 1.165) is 0 Å². The van der Waals surface area contributed by atoms with Gasteiger partial charge in [0.25, 0.3) is 5.69 Å². The van der Waals surface area contributed by atoms with Gasteiger partial charge in [-0.3, -0.25) is 30.3 Å². The second-order valence-electron chi connectivity index (χ2n) is 5.26. The lowest BCUT2D eigenvalue weighted by Gasteiger charge is -2.18. The molecule has 2 aromatic carbocycles. The van der Waals surface area contributed by atoms with Crippen molar-refractivity contribution < 1.29 is 27.9 Å². The first kappa shape index (κ1) is 23.7. The predicted molar refractivity (Wildman–Crippen MR) is 101 cm³/mol. The Morgan fingerprint density at radius 3 is 1.57 bits per heavy atom. The molecule has 0 aromatic heterocycles. The molecule has 1 N–H and O–H groups in total. The van der Waals surface area contributed by atoms with Crippen molar-refractivity contribution >= 4 is 74.8 Å². The third kappa shape index (κ3) is 4.28. The number of benzene rings is 2. The van der Waals surface area contributed by atoms with Crippen molar-refractivity contribution in [3.63, 3.8) is 0 Å². The fraction of sp³-hybridized carbons (Fsp3) is 0.0769. The van der Waals surface area contributed by atoms with Crippen molar-refractivity contribution in [1.29, 1.82) is 0 Å². The highest BCUT2D eigenvalue weighted by atomic mass is 35.5. The van der Waals surface area contributed by atoms with E-state index in [1.807, 2.05) is 5.32 Å². The number of halogens is 7. The number of alkyl halides is 3. The molecular weight excluding hydrogens is 507 g/mol. The van der Waals surface area contributed by atoms with Crippen LogP contribution < -0.4 is 5.32 Å². The summed E-state index contributed by atoms with van der Waals surface area (Å²) in [5, 5.41) is 31.7. The van der Waals surface area contributed by atoms with E-state index in [0.29, 0.717) is 12.1 Å². The molecule has 0 bridgehead atoms. The molecule has 160 valence electrons. The van der Waals surface area contributed by atoms with E-state index in [9.17, 15) is 43.5 Å². The third-order valence-electron chi connectivity index (χ3n) is 3.48. The normalized spacial score (nSPS) is 11.3. The molecule has 0 spiro atoms. The lowest BCUT2D eigenvalue weighted by atomic mass is 10.1. The van der Waals surface area contributed by atoms with Gasteiger partial charge in [-0.2, -0.15) is 13.2 Å². The molecule has 0 heterocycles. The molecule has 0 aliphatic heterocycles. The summed E-state index contributed by atoms with van der Waals surface area (Å²) in [6.07, 6.45) is -5.15. The van der Waals surface area contributed by atoms with Crippen LogP contribution in [-0.4, -0.2) is 14.8 Å². The molecule has 0 fully saturated rings. The lowest BCUT2D eigenvalue weighted by molar-refractivity contribution is -0.401. The summed E-state index contributed by atoms with van der Waals surface area (Å²) in [5.41, 5.74) is -6.99. The zero-order valence-corrected chi connectivity index (χ0v) is 16.6. The number of rotatable bonds is 5. The Hall–Kier alpha value is -2.61. The molecule has 0 radical (unpaired) electrons. The van der Waals surface area contributed by atoms with Gasteiger partial charge in [0.2, 0.25) is 0 Å². The number of nitrogens with one attached hydrogen (secondary N) is 1. The monoisotopic (exact) mass is 508 g/mol. The minimum Gasteiger partial charge on any atom is -0.342 e. The first-order chi connectivity index (χ1) is 13.7. The Kier molecular flexibility index (Phi) is 6.51. The Bertz CT molecular complexity index is 1080. The van der Waals surface area contributed by atoms with Gasteiger partial charge >= 0.3 is 17.6 Å². The Balaban J connectivity index is 2.89. The van der Waals surface area contributed by atoms with Crippen LogP contribution in [0.5, 0.6) is 0 Å². The van der Waals surface area contributed by atoms with Crippen LogP contribution in [0.4, 0.5) is 41.6 Å². The lowest BCUT2D eigenvalue weighted by Crippen LogP contribution is -2.10. The molecule has 0 atom stereocenters. The van der Waals surface area contributed by atoms with Crippen LogP contribution in [-0.2, 0) is 6.18 Å². The van der Waals surface area contributed by atoms with Gasteiger partial charge < -0.3 is 5.32 Å². The largest absolute Gasteiger partial charge is 0.419 e. The minimum atomic E-state index is -5.15. The number of nitro benzene ring substituents is 3. The van der Waals surface area contributed by atoms with Crippen molar-refractivity contribution in [2.75, 3.05) is 5.32 Å². The number of anilines is 2. The highest BCUT2D eigenvalue weighted by Crippen LogP contribution is 2.52. The topological polar surface area (TPSA) is 141 Å². The smallest absolute Gasteiger partial charge is 0.342 e. The second-order valence-corrected chi connectivity index (χ2v) is 6.77. The van der Waals surface area contributed by atoms with Crippen LogP contribution in [0.25, 0.3) is 0 Å². The third-order valence-corrected chi connectivity index (χ3v) is 5.19. The van der Waals surface area contributed by atoms with Gasteiger partial charge in [-0.05, 0) is 0 Å². The van der Waals surface area contributed by atoms with E-state index < -0.39 is 75.0 Å². The fourth-order valence-electron chi connectivity index (χ4n) is 2.24. The summed E-state index contributed by atoms with van der Waals surface area (Å²) < 4.78 is 39.9. The summed E-state index contributed by atoms with van der Waals surface area (Å²) in [6.45, 7) is 0. The van der Waals surface area contributed by atoms with Gasteiger partial charge in [0.05, 0.1) is 58.2 Å². The van der Waals surface area contributed by atoms with Crippen LogP contribution in [0.2, 0.25) is 20.1 Å². The molecule has 0 unspecified atom stereocenters. The van der Waals surface area contributed by atoms with E-state index in [1.54, 1.807) is 0 Å². The average molecular weight is 510 g/mol. The van der Waals surface area contributed by atoms with Crippen molar-refractivity contribution in [1.82, 2.24) is 0 Å². The Morgan fingerprint density at radius 2 is 1.20 bits per heavy atom. The molecule has 0 aliphatic rings. The van der Waals surface area contributed by atoms with E-state index in [-0.39, 0.29) is 0 Å². The van der Waals surface area contributed by atoms with E-state index in [1.165, 1.54) is 0 Å². The standard InChI is InChI=1S/C13H3Cl4F3N4O6/c14-7-6(13(18,19)20)8(15)12(10(17)9(7)16)21-11-4(23(27)28)1-3(22(25)26)2-5(11)24(29)30/h1-2,21H. The van der Waals surface area contributed by atoms with Crippen LogP contribution in [0.1, 0.15) is 5.56 Å². The predicted octanol–water partition coefficient (Wildman–Crippen LogP) is 6.79. The van der Waals surface area contributed by atoms with Crippen LogP contribution in [0.15, 0.2) is 12.1 Å². The van der Waals surface area contributed by atoms with Gasteiger partial charge in [-0.15, -0.1) is 0 Å². The summed E-state index contributed by atoms with van der Waals surface area (Å²) in [7, 11) is 0. The van der Waals surface area contributed by atoms with Crippen molar-refractivity contribution in [2.24, 2.45) is 0 Å². The molecule has 0 saturated heterocycles. The number of nitrogens with zero attached hydrogens (tertiary/aromatic N) is 3. The summed E-state index contributed by atoms with van der Waals surface area (Å²) >= 11 is 22.8. The second kappa shape index (κ2) is 8.26. The van der Waals surface area contributed by atoms with Crippen LogP contribution in [0.3, 0.4) is 0 Å². The molecule has 17 heteroatoms. The van der Waals surface area contributed by atoms with Crippen LogP contribution in [0, 0.1) is 30.3 Å². The number of non-ortho nitro benzene ring substituents is 1. The first-order valence-electron chi connectivity index (χ1n) is 6.99. The van der Waals surface area contributed by atoms with Gasteiger partial charge in [0, 0.05) is 0 Å². The summed E-state index contributed by atoms with van der Waals surface area (Å²) in [6, 6.07) is 0.721.